The SMILES string of the molecule is O=P1(O)C=C(Oc2ccccc2)c2c(Cl)cccc21. The second-order valence-electron chi connectivity index (χ2n) is 4.17. The molecule has 0 saturated heterocycles. The van der Waals surface area contributed by atoms with E-state index in [1.54, 1.807) is 30.3 Å². The molecule has 0 aliphatic carbocycles. The Labute approximate surface area is 115 Å². The van der Waals surface area contributed by atoms with E-state index < -0.39 is 7.37 Å². The average molecular weight is 293 g/mol. The van der Waals surface area contributed by atoms with Crippen LogP contribution in [0.1, 0.15) is 5.56 Å². The molecule has 0 spiro atoms. The van der Waals surface area contributed by atoms with E-state index in [9.17, 15) is 9.46 Å². The van der Waals surface area contributed by atoms with Gasteiger partial charge in [-0.05, 0) is 24.3 Å². The number of hydrogen-bond acceptors (Lipinski definition) is 2. The second-order valence-corrected chi connectivity index (χ2v) is 6.56. The maximum absolute atomic E-state index is 12.1. The van der Waals surface area contributed by atoms with Crippen molar-refractivity contribution in [1.82, 2.24) is 0 Å². The first-order valence-corrected chi connectivity index (χ1v) is 7.76. The Balaban J connectivity index is 2.08. The van der Waals surface area contributed by atoms with Gasteiger partial charge in [-0.15, -0.1) is 0 Å². The van der Waals surface area contributed by atoms with Gasteiger partial charge in [-0.1, -0.05) is 35.9 Å². The van der Waals surface area contributed by atoms with Crippen LogP contribution < -0.4 is 10.0 Å². The molecule has 2 aromatic carbocycles. The Morgan fingerprint density at radius 1 is 1.05 bits per heavy atom. The van der Waals surface area contributed by atoms with Crippen LogP contribution in [0.2, 0.25) is 5.02 Å². The molecule has 1 atom stereocenters. The summed E-state index contributed by atoms with van der Waals surface area (Å²) in [6, 6.07) is 14.0. The molecule has 3 nitrogen and oxygen atoms in total. The fourth-order valence-electron chi connectivity index (χ4n) is 2.01. The standard InChI is InChI=1S/C14H10ClO3P/c15-11-7-4-8-13-14(11)12(9-19(13,16)17)18-10-5-2-1-3-6-10/h1-9H,(H,16,17). The van der Waals surface area contributed by atoms with E-state index >= 15 is 0 Å². The Bertz CT molecular complexity index is 710. The molecule has 1 aliphatic rings. The van der Waals surface area contributed by atoms with Gasteiger partial charge in [0, 0.05) is 11.4 Å². The van der Waals surface area contributed by atoms with Gasteiger partial charge >= 0.3 is 0 Å². The summed E-state index contributed by atoms with van der Waals surface area (Å²) in [7, 11) is -3.52. The van der Waals surface area contributed by atoms with Crippen LogP contribution in [0.5, 0.6) is 5.75 Å². The molecule has 0 bridgehead atoms. The van der Waals surface area contributed by atoms with E-state index in [-0.39, 0.29) is 0 Å². The van der Waals surface area contributed by atoms with Crippen molar-refractivity contribution < 1.29 is 14.2 Å². The number of halogens is 1. The zero-order valence-electron chi connectivity index (χ0n) is 9.79. The largest absolute Gasteiger partial charge is 0.456 e. The summed E-state index contributed by atoms with van der Waals surface area (Å²) >= 11 is 6.10. The smallest absolute Gasteiger partial charge is 0.256 e. The zero-order valence-corrected chi connectivity index (χ0v) is 11.4. The number of hydrogen-bond donors (Lipinski definition) is 1. The maximum Gasteiger partial charge on any atom is 0.256 e. The normalized spacial score (nSPS) is 20.8. The molecule has 0 aromatic heterocycles. The number of para-hydroxylation sites is 1. The lowest BCUT2D eigenvalue weighted by molar-refractivity contribution is 0.498. The number of benzene rings is 2. The van der Waals surface area contributed by atoms with Gasteiger partial charge in [-0.2, -0.15) is 0 Å². The fraction of sp³-hybridized carbons (Fsp3) is 0. The van der Waals surface area contributed by atoms with Crippen LogP contribution in [0.15, 0.2) is 54.3 Å². The first kappa shape index (κ1) is 12.5. The summed E-state index contributed by atoms with van der Waals surface area (Å²) in [6.07, 6.45) is 0. The molecule has 1 N–H and O–H groups in total. The van der Waals surface area contributed by atoms with Gasteiger partial charge in [0.05, 0.1) is 10.3 Å². The summed E-state index contributed by atoms with van der Waals surface area (Å²) in [4.78, 5) is 9.96. The van der Waals surface area contributed by atoms with E-state index in [4.69, 9.17) is 16.3 Å². The molecule has 3 rings (SSSR count). The molecule has 1 aliphatic heterocycles. The highest BCUT2D eigenvalue weighted by atomic mass is 35.5. The van der Waals surface area contributed by atoms with Gasteiger partial charge in [-0.25, -0.2) is 0 Å². The molecule has 19 heavy (non-hydrogen) atoms. The predicted molar refractivity (Wildman–Crippen MR) is 76.0 cm³/mol. The molecular formula is C14H10ClO3P. The number of rotatable bonds is 2. The topological polar surface area (TPSA) is 46.5 Å². The van der Waals surface area contributed by atoms with E-state index in [1.165, 1.54) is 5.82 Å². The molecule has 0 fully saturated rings. The lowest BCUT2D eigenvalue weighted by atomic mass is 10.2. The highest BCUT2D eigenvalue weighted by molar-refractivity contribution is 7.70. The van der Waals surface area contributed by atoms with Crippen molar-refractivity contribution in [1.29, 1.82) is 0 Å². The Hall–Kier alpha value is -1.54. The lowest BCUT2D eigenvalue weighted by Gasteiger charge is -2.09. The third-order valence-corrected chi connectivity index (χ3v) is 4.81. The maximum atomic E-state index is 12.1. The second kappa shape index (κ2) is 4.53. The molecule has 96 valence electrons. The van der Waals surface area contributed by atoms with Gasteiger partial charge in [-0.3, -0.25) is 4.57 Å². The Morgan fingerprint density at radius 3 is 2.53 bits per heavy atom. The van der Waals surface area contributed by atoms with Crippen LogP contribution in [0.25, 0.3) is 5.76 Å². The predicted octanol–water partition coefficient (Wildman–Crippen LogP) is 3.63. The van der Waals surface area contributed by atoms with Crippen LogP contribution in [0.3, 0.4) is 0 Å². The summed E-state index contributed by atoms with van der Waals surface area (Å²) in [5, 5.41) is 0.734. The zero-order chi connectivity index (χ0) is 13.5. The number of fused-ring (bicyclic) bond motifs is 1. The van der Waals surface area contributed by atoms with Gasteiger partial charge in [0.2, 0.25) is 0 Å². The fourth-order valence-corrected chi connectivity index (χ4v) is 3.83. The van der Waals surface area contributed by atoms with Crippen molar-refractivity contribution in [3.05, 3.63) is 64.9 Å². The van der Waals surface area contributed by atoms with Gasteiger partial charge in [0.25, 0.3) is 7.37 Å². The van der Waals surface area contributed by atoms with Crippen LogP contribution in [-0.2, 0) is 4.57 Å². The van der Waals surface area contributed by atoms with Crippen LogP contribution >= 0.6 is 19.0 Å². The van der Waals surface area contributed by atoms with Crippen LogP contribution in [0.4, 0.5) is 0 Å². The van der Waals surface area contributed by atoms with Gasteiger partial charge in [0.15, 0.2) is 0 Å². The summed E-state index contributed by atoms with van der Waals surface area (Å²) < 4.78 is 17.8. The molecule has 5 heteroatoms. The van der Waals surface area contributed by atoms with Gasteiger partial charge in [0.1, 0.15) is 11.5 Å². The summed E-state index contributed by atoms with van der Waals surface area (Å²) in [6.45, 7) is 0. The monoisotopic (exact) mass is 292 g/mol. The lowest BCUT2D eigenvalue weighted by Crippen LogP contribution is -2.06. The Kier molecular flexibility index (Phi) is 2.98. The minimum absolute atomic E-state index is 0.325. The third kappa shape index (κ3) is 2.21. The van der Waals surface area contributed by atoms with Crippen molar-refractivity contribution in [2.24, 2.45) is 0 Å². The quantitative estimate of drug-likeness (QED) is 0.860. The summed E-state index contributed by atoms with van der Waals surface area (Å²) in [5.74, 6) is 2.18. The van der Waals surface area contributed by atoms with Gasteiger partial charge < -0.3 is 9.63 Å². The molecule has 0 radical (unpaired) electrons. The average Bonchev–Trinajstić information content (AvgIpc) is 2.63. The van der Waals surface area contributed by atoms with Crippen LogP contribution in [0, 0.1) is 0 Å². The molecule has 1 unspecified atom stereocenters. The molecule has 0 saturated carbocycles. The van der Waals surface area contributed by atoms with Crippen molar-refractivity contribution in [2.45, 2.75) is 0 Å². The first-order valence-electron chi connectivity index (χ1n) is 5.65. The van der Waals surface area contributed by atoms with Crippen LogP contribution in [-0.4, -0.2) is 4.89 Å². The van der Waals surface area contributed by atoms with Crippen molar-refractivity contribution in [2.75, 3.05) is 0 Å². The molecular weight excluding hydrogens is 283 g/mol. The molecule has 2 aromatic rings. The third-order valence-electron chi connectivity index (χ3n) is 2.85. The van der Waals surface area contributed by atoms with E-state index in [0.717, 1.165) is 0 Å². The highest BCUT2D eigenvalue weighted by Crippen LogP contribution is 2.52. The first-order chi connectivity index (χ1) is 9.08. The van der Waals surface area contributed by atoms with Crippen molar-refractivity contribution in [3.63, 3.8) is 0 Å². The van der Waals surface area contributed by atoms with E-state index in [1.807, 2.05) is 18.2 Å². The molecule has 1 heterocycles. The van der Waals surface area contributed by atoms with Crippen molar-refractivity contribution >= 4 is 30.0 Å². The van der Waals surface area contributed by atoms with E-state index in [0.29, 0.717) is 27.4 Å². The number of ether oxygens (including phenoxy) is 1. The minimum atomic E-state index is -3.52. The van der Waals surface area contributed by atoms with Crippen molar-refractivity contribution in [3.8, 4) is 5.75 Å². The Morgan fingerprint density at radius 2 is 1.79 bits per heavy atom. The molecule has 0 amide bonds. The van der Waals surface area contributed by atoms with E-state index in [2.05, 4.69) is 0 Å². The minimum Gasteiger partial charge on any atom is -0.456 e. The summed E-state index contributed by atoms with van der Waals surface area (Å²) in [5.41, 5.74) is 0.499. The highest BCUT2D eigenvalue weighted by Gasteiger charge is 2.34.